The van der Waals surface area contributed by atoms with Crippen molar-refractivity contribution in [3.05, 3.63) is 29.3 Å². The van der Waals surface area contributed by atoms with Gasteiger partial charge in [-0.15, -0.1) is 0 Å². The number of carbonyl (C=O) groups is 2. The van der Waals surface area contributed by atoms with Crippen LogP contribution in [0.15, 0.2) is 18.2 Å². The number of nitriles is 1. The van der Waals surface area contributed by atoms with E-state index in [2.05, 4.69) is 0 Å². The number of piperazine rings is 1. The normalized spacial score (nSPS) is 26.5. The third-order valence-electron chi connectivity index (χ3n) is 5.51. The van der Waals surface area contributed by atoms with Gasteiger partial charge < -0.3 is 4.90 Å². The minimum atomic E-state index is -5.76. The van der Waals surface area contributed by atoms with Gasteiger partial charge in [-0.1, -0.05) is 0 Å². The van der Waals surface area contributed by atoms with Crippen molar-refractivity contribution in [2.75, 3.05) is 11.4 Å². The topological polar surface area (TPSA) is 102 Å². The number of urea groups is 1. The molecule has 166 valence electrons. The molecule has 3 saturated heterocycles. The monoisotopic (exact) mass is 468 g/mol. The van der Waals surface area contributed by atoms with E-state index >= 15 is 0 Å². The van der Waals surface area contributed by atoms with Crippen LogP contribution < -0.4 is 4.90 Å². The highest BCUT2D eigenvalue weighted by molar-refractivity contribution is 7.90. The summed E-state index contributed by atoms with van der Waals surface area (Å²) in [6, 6.07) is -1.72. The van der Waals surface area contributed by atoms with Gasteiger partial charge in [0.05, 0.1) is 28.9 Å². The van der Waals surface area contributed by atoms with Crippen LogP contribution in [-0.2, 0) is 21.0 Å². The minimum absolute atomic E-state index is 0.118. The first-order chi connectivity index (χ1) is 14.2. The molecule has 4 rings (SSSR count). The fraction of sp³-hybridized carbons (Fsp3) is 0.438. The fourth-order valence-corrected chi connectivity index (χ4v) is 5.46. The maximum absolute atomic E-state index is 13.2. The van der Waals surface area contributed by atoms with E-state index in [0.29, 0.717) is 11.0 Å². The maximum atomic E-state index is 13.2. The van der Waals surface area contributed by atoms with E-state index in [1.165, 1.54) is 6.07 Å². The van der Waals surface area contributed by atoms with E-state index < -0.39 is 75.1 Å². The Morgan fingerprint density at radius 3 is 2.29 bits per heavy atom. The molecule has 0 N–H and O–H groups in total. The predicted octanol–water partition coefficient (Wildman–Crippen LogP) is 2.02. The Labute approximate surface area is 170 Å². The third-order valence-corrected chi connectivity index (χ3v) is 7.13. The number of rotatable bonds is 2. The van der Waals surface area contributed by atoms with E-state index in [1.807, 2.05) is 0 Å². The first kappa shape index (κ1) is 21.4. The van der Waals surface area contributed by atoms with Crippen molar-refractivity contribution in [2.24, 2.45) is 0 Å². The molecular weight excluding hydrogens is 458 g/mol. The Balaban J connectivity index is 1.72. The highest BCUT2D eigenvalue weighted by Gasteiger charge is 2.67. The van der Waals surface area contributed by atoms with Gasteiger partial charge in [-0.3, -0.25) is 4.79 Å². The van der Waals surface area contributed by atoms with Crippen LogP contribution in [0.5, 0.6) is 0 Å². The van der Waals surface area contributed by atoms with E-state index in [9.17, 15) is 44.3 Å². The Kier molecular flexibility index (Phi) is 4.36. The number of hydrogen-bond acceptors (Lipinski definition) is 5. The quantitative estimate of drug-likeness (QED) is 0.488. The van der Waals surface area contributed by atoms with E-state index in [4.69, 9.17) is 5.26 Å². The zero-order valence-corrected chi connectivity index (χ0v) is 15.8. The van der Waals surface area contributed by atoms with Gasteiger partial charge in [0.25, 0.3) is 5.91 Å². The minimum Gasteiger partial charge on any atom is -0.306 e. The van der Waals surface area contributed by atoms with Crippen molar-refractivity contribution in [3.63, 3.8) is 0 Å². The van der Waals surface area contributed by atoms with Gasteiger partial charge in [0.2, 0.25) is 0 Å². The average Bonchev–Trinajstić information content (AvgIpc) is 3.31. The summed E-state index contributed by atoms with van der Waals surface area (Å²) in [6.07, 6.45) is -5.17. The standard InChI is InChI=1S/C16H10F6N4O4S/c17-15(18,19)10-3-8(2-1-7(10)5-23)26-13(27)12-11-4-9(25(12)14(26)28)6-24(11)31(29,30)16(20,21)22/h1-3,9,11-12H,4,6H2/t9?,11?,12-/m1/s1. The molecule has 3 aliphatic rings. The number of imide groups is 1. The van der Waals surface area contributed by atoms with Gasteiger partial charge in [0.15, 0.2) is 0 Å². The van der Waals surface area contributed by atoms with Crippen LogP contribution in [-0.4, -0.2) is 59.7 Å². The summed E-state index contributed by atoms with van der Waals surface area (Å²) in [7, 11) is -5.76. The number of halogens is 6. The number of nitrogens with zero attached hydrogens (tertiary/aromatic N) is 4. The Bertz CT molecular complexity index is 1140. The number of hydrogen-bond donors (Lipinski definition) is 0. The SMILES string of the molecule is N#Cc1ccc(N2C(=O)[C@H]3C4CC(CN4S(=O)(=O)C(F)(F)F)N3C2=O)cc1C(F)(F)F. The number of carbonyl (C=O) groups excluding carboxylic acids is 2. The fourth-order valence-electron chi connectivity index (χ4n) is 4.27. The molecule has 8 nitrogen and oxygen atoms in total. The summed E-state index contributed by atoms with van der Waals surface area (Å²) in [4.78, 5) is 26.9. The van der Waals surface area contributed by atoms with Crippen molar-refractivity contribution < 1.29 is 44.3 Å². The van der Waals surface area contributed by atoms with Crippen LogP contribution >= 0.6 is 0 Å². The predicted molar refractivity (Wildman–Crippen MR) is 88.5 cm³/mol. The lowest BCUT2D eigenvalue weighted by Crippen LogP contribution is -2.57. The Morgan fingerprint density at radius 2 is 1.74 bits per heavy atom. The molecule has 0 spiro atoms. The van der Waals surface area contributed by atoms with Crippen molar-refractivity contribution in [3.8, 4) is 6.07 Å². The second-order valence-electron chi connectivity index (χ2n) is 7.13. The van der Waals surface area contributed by atoms with E-state index in [0.717, 1.165) is 17.0 Å². The molecule has 1 aromatic carbocycles. The van der Waals surface area contributed by atoms with Crippen LogP contribution in [0.1, 0.15) is 17.5 Å². The Morgan fingerprint density at radius 1 is 1.10 bits per heavy atom. The number of amides is 3. The highest BCUT2D eigenvalue weighted by Crippen LogP contribution is 2.46. The van der Waals surface area contributed by atoms with Gasteiger partial charge in [-0.25, -0.2) is 18.1 Å². The molecule has 3 atom stereocenters. The van der Waals surface area contributed by atoms with Crippen LogP contribution in [0, 0.1) is 11.3 Å². The van der Waals surface area contributed by atoms with Gasteiger partial charge in [-0.05, 0) is 24.6 Å². The lowest BCUT2D eigenvalue weighted by Gasteiger charge is -2.34. The zero-order chi connectivity index (χ0) is 23.1. The Hall–Kier alpha value is -2.86. The molecule has 0 radical (unpaired) electrons. The summed E-state index contributed by atoms with van der Waals surface area (Å²) in [5, 5.41) is 8.86. The van der Waals surface area contributed by atoms with Crippen LogP contribution in [0.4, 0.5) is 36.8 Å². The van der Waals surface area contributed by atoms with Gasteiger partial charge >= 0.3 is 27.7 Å². The van der Waals surface area contributed by atoms with E-state index in [1.54, 1.807) is 0 Å². The van der Waals surface area contributed by atoms with Crippen molar-refractivity contribution in [1.29, 1.82) is 5.26 Å². The summed E-state index contributed by atoms with van der Waals surface area (Å²) >= 11 is 0. The molecule has 15 heteroatoms. The molecule has 2 unspecified atom stereocenters. The molecule has 31 heavy (non-hydrogen) atoms. The molecule has 2 bridgehead atoms. The zero-order valence-electron chi connectivity index (χ0n) is 15.0. The number of alkyl halides is 6. The molecule has 3 fully saturated rings. The van der Waals surface area contributed by atoms with Crippen LogP contribution in [0.3, 0.4) is 0 Å². The largest absolute Gasteiger partial charge is 0.511 e. The number of benzene rings is 1. The van der Waals surface area contributed by atoms with Crippen molar-refractivity contribution >= 4 is 27.6 Å². The van der Waals surface area contributed by atoms with Gasteiger partial charge in [-0.2, -0.15) is 35.9 Å². The van der Waals surface area contributed by atoms with Crippen LogP contribution in [0.2, 0.25) is 0 Å². The number of sulfonamides is 1. The lowest BCUT2D eigenvalue weighted by molar-refractivity contribution is -0.137. The summed E-state index contributed by atoms with van der Waals surface area (Å²) in [5.41, 5.74) is -8.29. The smallest absolute Gasteiger partial charge is 0.306 e. The molecule has 3 amide bonds. The third kappa shape index (κ3) is 2.88. The summed E-state index contributed by atoms with van der Waals surface area (Å²) < 4.78 is 102. The first-order valence-corrected chi connectivity index (χ1v) is 10.00. The second kappa shape index (κ2) is 6.33. The molecule has 0 aromatic heterocycles. The number of anilines is 1. The second-order valence-corrected chi connectivity index (χ2v) is 9.01. The summed E-state index contributed by atoms with van der Waals surface area (Å²) in [5.74, 6) is -1.14. The first-order valence-electron chi connectivity index (χ1n) is 8.56. The average molecular weight is 468 g/mol. The van der Waals surface area contributed by atoms with E-state index in [-0.39, 0.29) is 10.7 Å². The molecule has 0 saturated carbocycles. The summed E-state index contributed by atoms with van der Waals surface area (Å²) in [6.45, 7) is -0.683. The van der Waals surface area contributed by atoms with Crippen molar-refractivity contribution in [1.82, 2.24) is 9.21 Å². The lowest BCUT2D eigenvalue weighted by atomic mass is 10.1. The molecule has 3 heterocycles. The van der Waals surface area contributed by atoms with Crippen molar-refractivity contribution in [2.45, 2.75) is 36.2 Å². The molecular formula is C16H10F6N4O4S. The molecule has 3 aliphatic heterocycles. The molecule has 0 aliphatic carbocycles. The molecule has 1 aromatic rings. The number of fused-ring (bicyclic) bond motifs is 5. The van der Waals surface area contributed by atoms with Gasteiger partial charge in [0.1, 0.15) is 6.04 Å². The van der Waals surface area contributed by atoms with Crippen LogP contribution in [0.25, 0.3) is 0 Å². The highest BCUT2D eigenvalue weighted by atomic mass is 32.2. The maximum Gasteiger partial charge on any atom is 0.511 e. The van der Waals surface area contributed by atoms with Gasteiger partial charge in [0, 0.05) is 12.6 Å².